The first-order valence-electron chi connectivity index (χ1n) is 8.80. The first kappa shape index (κ1) is 18.1. The quantitative estimate of drug-likeness (QED) is 0.538. The van der Waals surface area contributed by atoms with Gasteiger partial charge in [0.1, 0.15) is 0 Å². The molecular formula is C19H17ClN6O2. The van der Waals surface area contributed by atoms with Crippen LogP contribution >= 0.6 is 11.6 Å². The summed E-state index contributed by atoms with van der Waals surface area (Å²) in [5.74, 6) is 1.63. The minimum atomic E-state index is -0.103. The molecular weight excluding hydrogens is 380 g/mol. The lowest BCUT2D eigenvalue weighted by Gasteiger charge is -2.05. The predicted octanol–water partition coefficient (Wildman–Crippen LogP) is 2.85. The maximum absolute atomic E-state index is 12.2. The number of hydrogen-bond acceptors (Lipinski definition) is 6. The van der Waals surface area contributed by atoms with Crippen LogP contribution in [0.3, 0.4) is 0 Å². The molecule has 1 aromatic carbocycles. The van der Waals surface area contributed by atoms with E-state index in [1.165, 1.54) is 0 Å². The van der Waals surface area contributed by atoms with Gasteiger partial charge in [0.2, 0.25) is 5.91 Å². The van der Waals surface area contributed by atoms with Crippen molar-refractivity contribution in [1.82, 2.24) is 30.1 Å². The van der Waals surface area contributed by atoms with Crippen molar-refractivity contribution in [3.8, 4) is 11.5 Å². The van der Waals surface area contributed by atoms with Gasteiger partial charge >= 0.3 is 0 Å². The Morgan fingerprint density at radius 2 is 2.04 bits per heavy atom. The summed E-state index contributed by atoms with van der Waals surface area (Å²) < 4.78 is 7.07. The van der Waals surface area contributed by atoms with Gasteiger partial charge in [-0.05, 0) is 29.8 Å². The lowest BCUT2D eigenvalue weighted by atomic mass is 10.1. The minimum absolute atomic E-state index is 0.103. The molecule has 0 radical (unpaired) electrons. The number of aryl methyl sites for hydroxylation is 1. The fraction of sp³-hybridized carbons (Fsp3) is 0.211. The first-order valence-corrected chi connectivity index (χ1v) is 9.18. The largest absolute Gasteiger partial charge is 0.348 e. The van der Waals surface area contributed by atoms with Gasteiger partial charge in [0.15, 0.2) is 17.3 Å². The van der Waals surface area contributed by atoms with Crippen LogP contribution in [0.25, 0.3) is 17.1 Å². The Kier molecular flexibility index (Phi) is 5.03. The van der Waals surface area contributed by atoms with Crippen LogP contribution in [-0.2, 0) is 24.2 Å². The van der Waals surface area contributed by atoms with Gasteiger partial charge < -0.3 is 9.84 Å². The van der Waals surface area contributed by atoms with Crippen LogP contribution in [0.1, 0.15) is 24.1 Å². The highest BCUT2D eigenvalue weighted by molar-refractivity contribution is 6.30. The van der Waals surface area contributed by atoms with Crippen LogP contribution in [0.15, 0.2) is 47.1 Å². The smallest absolute Gasteiger partial charge is 0.258 e. The SMILES string of the molecule is CCc1noc(-c2ccn3c(CNC(=O)Cc4ccc(Cl)cc4)nnc3c2)n1. The number of hydrogen-bond donors (Lipinski definition) is 1. The number of pyridine rings is 1. The molecule has 4 aromatic rings. The topological polar surface area (TPSA) is 98.2 Å². The van der Waals surface area contributed by atoms with E-state index < -0.39 is 0 Å². The van der Waals surface area contributed by atoms with Crippen molar-refractivity contribution < 1.29 is 9.32 Å². The number of aromatic nitrogens is 5. The Balaban J connectivity index is 1.44. The number of fused-ring (bicyclic) bond motifs is 1. The Morgan fingerprint density at radius 1 is 1.21 bits per heavy atom. The van der Waals surface area contributed by atoms with Gasteiger partial charge in [-0.3, -0.25) is 9.20 Å². The Labute approximate surface area is 165 Å². The van der Waals surface area contributed by atoms with E-state index in [2.05, 4.69) is 25.7 Å². The van der Waals surface area contributed by atoms with E-state index in [1.54, 1.807) is 12.1 Å². The molecule has 142 valence electrons. The van der Waals surface area contributed by atoms with Crippen LogP contribution in [0, 0.1) is 0 Å². The molecule has 28 heavy (non-hydrogen) atoms. The molecule has 3 aromatic heterocycles. The number of carbonyl (C=O) groups excluding carboxylic acids is 1. The zero-order valence-electron chi connectivity index (χ0n) is 15.1. The normalized spacial score (nSPS) is 11.1. The second kappa shape index (κ2) is 7.77. The van der Waals surface area contributed by atoms with E-state index in [9.17, 15) is 4.79 Å². The average molecular weight is 397 g/mol. The second-order valence-electron chi connectivity index (χ2n) is 6.21. The number of nitrogens with zero attached hydrogens (tertiary/aromatic N) is 5. The summed E-state index contributed by atoms with van der Waals surface area (Å²) in [4.78, 5) is 16.5. The molecule has 4 rings (SSSR count). The molecule has 1 amide bonds. The lowest BCUT2D eigenvalue weighted by molar-refractivity contribution is -0.120. The molecule has 0 aliphatic heterocycles. The summed E-state index contributed by atoms with van der Waals surface area (Å²) >= 11 is 5.86. The molecule has 3 heterocycles. The van der Waals surface area contributed by atoms with Gasteiger partial charge in [0.05, 0.1) is 13.0 Å². The van der Waals surface area contributed by atoms with Crippen LogP contribution < -0.4 is 5.32 Å². The van der Waals surface area contributed by atoms with E-state index >= 15 is 0 Å². The number of halogens is 1. The summed E-state index contributed by atoms with van der Waals surface area (Å²) in [6.45, 7) is 2.23. The van der Waals surface area contributed by atoms with Gasteiger partial charge in [-0.2, -0.15) is 4.98 Å². The Morgan fingerprint density at radius 3 is 2.79 bits per heavy atom. The number of benzene rings is 1. The number of amides is 1. The van der Waals surface area contributed by atoms with Gasteiger partial charge in [-0.15, -0.1) is 10.2 Å². The monoisotopic (exact) mass is 396 g/mol. The predicted molar refractivity (Wildman–Crippen MR) is 103 cm³/mol. The van der Waals surface area contributed by atoms with Crippen molar-refractivity contribution in [2.45, 2.75) is 26.3 Å². The first-order chi connectivity index (χ1) is 13.6. The molecule has 8 nitrogen and oxygen atoms in total. The van der Waals surface area contributed by atoms with Crippen LogP contribution in [-0.4, -0.2) is 30.6 Å². The summed E-state index contributed by atoms with van der Waals surface area (Å²) in [5.41, 5.74) is 2.30. The second-order valence-corrected chi connectivity index (χ2v) is 6.65. The third-order valence-corrected chi connectivity index (χ3v) is 4.49. The third kappa shape index (κ3) is 3.86. The highest BCUT2D eigenvalue weighted by Gasteiger charge is 2.12. The zero-order chi connectivity index (χ0) is 19.5. The van der Waals surface area contributed by atoms with E-state index in [0.29, 0.717) is 34.6 Å². The van der Waals surface area contributed by atoms with E-state index in [0.717, 1.165) is 11.1 Å². The molecule has 0 atom stereocenters. The average Bonchev–Trinajstić information content (AvgIpc) is 3.34. The summed E-state index contributed by atoms with van der Waals surface area (Å²) in [7, 11) is 0. The molecule has 9 heteroatoms. The zero-order valence-corrected chi connectivity index (χ0v) is 15.8. The molecule has 0 saturated heterocycles. The summed E-state index contributed by atoms with van der Waals surface area (Å²) in [6, 6.07) is 10.9. The van der Waals surface area contributed by atoms with Crippen molar-refractivity contribution in [3.63, 3.8) is 0 Å². The van der Waals surface area contributed by atoms with Crippen molar-refractivity contribution in [2.24, 2.45) is 0 Å². The van der Waals surface area contributed by atoms with Crippen molar-refractivity contribution >= 4 is 23.2 Å². The van der Waals surface area contributed by atoms with E-state index in [-0.39, 0.29) is 18.9 Å². The van der Waals surface area contributed by atoms with Gasteiger partial charge in [-0.1, -0.05) is 35.8 Å². The summed E-state index contributed by atoms with van der Waals surface area (Å²) in [6.07, 6.45) is 2.80. The molecule has 0 bridgehead atoms. The molecule has 0 saturated carbocycles. The molecule has 0 unspecified atom stereocenters. The van der Waals surface area contributed by atoms with Gasteiger partial charge in [0, 0.05) is 23.2 Å². The Hall–Kier alpha value is -3.26. The fourth-order valence-electron chi connectivity index (χ4n) is 2.74. The van der Waals surface area contributed by atoms with Crippen LogP contribution in [0.4, 0.5) is 0 Å². The van der Waals surface area contributed by atoms with Gasteiger partial charge in [0.25, 0.3) is 5.89 Å². The van der Waals surface area contributed by atoms with Crippen molar-refractivity contribution in [2.75, 3.05) is 0 Å². The number of carbonyl (C=O) groups is 1. The molecule has 0 aliphatic carbocycles. The highest BCUT2D eigenvalue weighted by atomic mass is 35.5. The van der Waals surface area contributed by atoms with Gasteiger partial charge in [-0.25, -0.2) is 0 Å². The maximum Gasteiger partial charge on any atom is 0.258 e. The highest BCUT2D eigenvalue weighted by Crippen LogP contribution is 2.19. The van der Waals surface area contributed by atoms with Crippen molar-refractivity contribution in [3.05, 3.63) is 64.8 Å². The number of rotatable bonds is 6. The molecule has 0 spiro atoms. The number of nitrogens with one attached hydrogen (secondary N) is 1. The van der Waals surface area contributed by atoms with Crippen molar-refractivity contribution in [1.29, 1.82) is 0 Å². The van der Waals surface area contributed by atoms with E-state index in [4.69, 9.17) is 16.1 Å². The molecule has 0 fully saturated rings. The Bertz CT molecular complexity index is 1120. The van der Waals surface area contributed by atoms with Crippen LogP contribution in [0.5, 0.6) is 0 Å². The molecule has 1 N–H and O–H groups in total. The lowest BCUT2D eigenvalue weighted by Crippen LogP contribution is -2.25. The minimum Gasteiger partial charge on any atom is -0.348 e. The maximum atomic E-state index is 12.2. The van der Waals surface area contributed by atoms with Crippen LogP contribution in [0.2, 0.25) is 5.02 Å². The summed E-state index contributed by atoms with van der Waals surface area (Å²) in [5, 5.41) is 15.7. The molecule has 0 aliphatic rings. The standard InChI is InChI=1S/C19H17ClN6O2/c1-2-15-22-19(28-25-15)13-7-8-26-16(10-13)23-24-17(26)11-21-18(27)9-12-3-5-14(20)6-4-12/h3-8,10H,2,9,11H2,1H3,(H,21,27). The fourth-order valence-corrected chi connectivity index (χ4v) is 2.86. The third-order valence-electron chi connectivity index (χ3n) is 4.23. The van der Waals surface area contributed by atoms with E-state index in [1.807, 2.05) is 41.8 Å².